The molecule has 1 N–H and O–H groups in total. The molecule has 0 aliphatic rings. The van der Waals surface area contributed by atoms with E-state index in [-0.39, 0.29) is 24.1 Å². The molecule has 2 aromatic rings. The van der Waals surface area contributed by atoms with Crippen molar-refractivity contribution in [1.82, 2.24) is 5.43 Å². The number of hydrazone groups is 1. The highest BCUT2D eigenvalue weighted by molar-refractivity contribution is 5.79. The van der Waals surface area contributed by atoms with Gasteiger partial charge < -0.3 is 4.42 Å². The first-order chi connectivity index (χ1) is 9.65. The highest BCUT2D eigenvalue weighted by Gasteiger charge is 2.10. The van der Waals surface area contributed by atoms with Crippen LogP contribution in [0.1, 0.15) is 5.76 Å². The van der Waals surface area contributed by atoms with Crippen LogP contribution in [0, 0.1) is 10.1 Å². The van der Waals surface area contributed by atoms with Gasteiger partial charge in [0.15, 0.2) is 18.2 Å². The molecule has 0 unspecified atom stereocenters. The Morgan fingerprint density at radius 1 is 1.40 bits per heavy atom. The number of aromatic nitrogens is 1. The smallest absolute Gasteiger partial charge is 0.400 e. The van der Waals surface area contributed by atoms with Crippen LogP contribution in [0.5, 0.6) is 0 Å². The van der Waals surface area contributed by atoms with Crippen molar-refractivity contribution >= 4 is 18.0 Å². The molecule has 102 valence electrons. The summed E-state index contributed by atoms with van der Waals surface area (Å²) < 4.78 is 6.52. The molecule has 2 aromatic heterocycles. The van der Waals surface area contributed by atoms with Crippen LogP contribution in [0.3, 0.4) is 0 Å². The van der Waals surface area contributed by atoms with E-state index in [1.54, 1.807) is 29.1 Å². The SMILES string of the molecule is O=C(C[n+]1ccccc1)N/N=C\c1ccc([N+](=O)[O-])o1. The number of nitro groups is 1. The Morgan fingerprint density at radius 2 is 2.15 bits per heavy atom. The van der Waals surface area contributed by atoms with Gasteiger partial charge in [0, 0.05) is 12.1 Å². The number of nitrogens with one attached hydrogen (secondary N) is 1. The molecule has 1 amide bonds. The Balaban J connectivity index is 1.86. The zero-order chi connectivity index (χ0) is 14.4. The van der Waals surface area contributed by atoms with Crippen LogP contribution in [0.2, 0.25) is 0 Å². The van der Waals surface area contributed by atoms with Gasteiger partial charge in [-0.25, -0.2) is 5.43 Å². The van der Waals surface area contributed by atoms with E-state index in [9.17, 15) is 14.9 Å². The Bertz CT molecular complexity index is 636. The van der Waals surface area contributed by atoms with Crippen molar-refractivity contribution in [2.24, 2.45) is 5.10 Å². The zero-order valence-electron chi connectivity index (χ0n) is 10.3. The summed E-state index contributed by atoms with van der Waals surface area (Å²) in [6.07, 6.45) is 4.69. The van der Waals surface area contributed by atoms with Crippen molar-refractivity contribution in [3.8, 4) is 0 Å². The lowest BCUT2D eigenvalue weighted by atomic mass is 10.4. The van der Waals surface area contributed by atoms with Gasteiger partial charge in [-0.15, -0.1) is 0 Å². The van der Waals surface area contributed by atoms with Gasteiger partial charge in [0.1, 0.15) is 4.92 Å². The lowest BCUT2D eigenvalue weighted by Crippen LogP contribution is -2.40. The molecule has 20 heavy (non-hydrogen) atoms. The van der Waals surface area contributed by atoms with Crippen molar-refractivity contribution in [2.75, 3.05) is 0 Å². The molecule has 8 nitrogen and oxygen atoms in total. The van der Waals surface area contributed by atoms with Crippen molar-refractivity contribution < 1.29 is 18.7 Å². The third kappa shape index (κ3) is 3.73. The van der Waals surface area contributed by atoms with Crippen LogP contribution in [-0.2, 0) is 11.3 Å². The Morgan fingerprint density at radius 3 is 2.80 bits per heavy atom. The van der Waals surface area contributed by atoms with Gasteiger partial charge in [0.2, 0.25) is 6.54 Å². The number of nitrogens with zero attached hydrogens (tertiary/aromatic N) is 3. The molecule has 2 rings (SSSR count). The third-order valence-corrected chi connectivity index (χ3v) is 2.28. The maximum Gasteiger partial charge on any atom is 0.433 e. The number of rotatable bonds is 5. The molecule has 0 aromatic carbocycles. The number of carbonyl (C=O) groups excluding carboxylic acids is 1. The minimum Gasteiger partial charge on any atom is -0.400 e. The highest BCUT2D eigenvalue weighted by Crippen LogP contribution is 2.13. The number of hydrogen-bond donors (Lipinski definition) is 1. The molecule has 0 fully saturated rings. The first-order valence-corrected chi connectivity index (χ1v) is 5.65. The second-order valence-electron chi connectivity index (χ2n) is 3.77. The van der Waals surface area contributed by atoms with Gasteiger partial charge >= 0.3 is 11.8 Å². The fourth-order valence-corrected chi connectivity index (χ4v) is 1.42. The fraction of sp³-hybridized carbons (Fsp3) is 0.0833. The molecular weight excluding hydrogens is 264 g/mol. The molecule has 0 radical (unpaired) electrons. The number of pyridine rings is 1. The minimum absolute atomic E-state index is 0.122. The van der Waals surface area contributed by atoms with E-state index in [1.165, 1.54) is 18.3 Å². The first kappa shape index (κ1) is 13.4. The first-order valence-electron chi connectivity index (χ1n) is 5.65. The summed E-state index contributed by atoms with van der Waals surface area (Å²) in [6, 6.07) is 8.05. The van der Waals surface area contributed by atoms with Gasteiger partial charge in [0.25, 0.3) is 0 Å². The van der Waals surface area contributed by atoms with Crippen LogP contribution >= 0.6 is 0 Å². The summed E-state index contributed by atoms with van der Waals surface area (Å²) in [6.45, 7) is 0.122. The second kappa shape index (κ2) is 6.23. The standard InChI is InChI=1S/C12H10N4O4/c17-11(9-15-6-2-1-3-7-15)14-13-8-10-4-5-12(20-10)16(18)19/h1-8H,9H2/p+1/b13-8-. The number of carbonyl (C=O) groups is 1. The molecular formula is C12H11N4O4+. The van der Waals surface area contributed by atoms with E-state index >= 15 is 0 Å². The normalized spacial score (nSPS) is 10.6. The maximum atomic E-state index is 11.5. The second-order valence-corrected chi connectivity index (χ2v) is 3.77. The van der Waals surface area contributed by atoms with Crippen LogP contribution in [0.25, 0.3) is 0 Å². The summed E-state index contributed by atoms with van der Waals surface area (Å²) in [5.41, 5.74) is 2.30. The van der Waals surface area contributed by atoms with Crippen LogP contribution in [0.15, 0.2) is 52.2 Å². The Labute approximate surface area is 113 Å². The van der Waals surface area contributed by atoms with Crippen molar-refractivity contribution in [1.29, 1.82) is 0 Å². The molecule has 2 heterocycles. The summed E-state index contributed by atoms with van der Waals surface area (Å²) in [5, 5.41) is 14.1. The average Bonchev–Trinajstić information content (AvgIpc) is 2.89. The largest absolute Gasteiger partial charge is 0.433 e. The van der Waals surface area contributed by atoms with Crippen LogP contribution < -0.4 is 9.99 Å². The van der Waals surface area contributed by atoms with E-state index in [1.807, 2.05) is 6.07 Å². The number of hydrogen-bond acceptors (Lipinski definition) is 5. The molecule has 0 aliphatic heterocycles. The Hall–Kier alpha value is -3.03. The monoisotopic (exact) mass is 275 g/mol. The summed E-state index contributed by atoms with van der Waals surface area (Å²) in [5.74, 6) is -0.513. The minimum atomic E-state index is -0.651. The molecule has 0 saturated heterocycles. The lowest BCUT2D eigenvalue weighted by Gasteiger charge is -1.95. The molecule has 0 saturated carbocycles. The van der Waals surface area contributed by atoms with Gasteiger partial charge in [-0.1, -0.05) is 6.07 Å². The number of furan rings is 1. The highest BCUT2D eigenvalue weighted by atomic mass is 16.6. The van der Waals surface area contributed by atoms with Crippen molar-refractivity contribution in [3.63, 3.8) is 0 Å². The molecule has 0 spiro atoms. The fourth-order valence-electron chi connectivity index (χ4n) is 1.42. The van der Waals surface area contributed by atoms with Crippen molar-refractivity contribution in [2.45, 2.75) is 6.54 Å². The van der Waals surface area contributed by atoms with Crippen molar-refractivity contribution in [3.05, 3.63) is 58.6 Å². The quantitative estimate of drug-likeness (QED) is 0.374. The van der Waals surface area contributed by atoms with Gasteiger partial charge in [-0.05, 0) is 6.07 Å². The Kier molecular flexibility index (Phi) is 4.17. The van der Waals surface area contributed by atoms with E-state index in [2.05, 4.69) is 10.5 Å². The van der Waals surface area contributed by atoms with Gasteiger partial charge in [-0.2, -0.15) is 9.67 Å². The molecule has 0 bridgehead atoms. The summed E-state index contributed by atoms with van der Waals surface area (Å²) in [4.78, 5) is 21.3. The van der Waals surface area contributed by atoms with E-state index in [0.29, 0.717) is 0 Å². The molecule has 0 atom stereocenters. The van der Waals surface area contributed by atoms with E-state index < -0.39 is 4.92 Å². The predicted molar refractivity (Wildman–Crippen MR) is 67.7 cm³/mol. The summed E-state index contributed by atoms with van der Waals surface area (Å²) >= 11 is 0. The van der Waals surface area contributed by atoms with Gasteiger partial charge in [0.05, 0.1) is 12.3 Å². The molecule has 8 heteroatoms. The number of amides is 1. The van der Waals surface area contributed by atoms with E-state index in [4.69, 9.17) is 4.42 Å². The lowest BCUT2D eigenvalue weighted by molar-refractivity contribution is -0.684. The van der Waals surface area contributed by atoms with Gasteiger partial charge in [-0.3, -0.25) is 14.9 Å². The average molecular weight is 275 g/mol. The van der Waals surface area contributed by atoms with Crippen LogP contribution in [-0.4, -0.2) is 17.0 Å². The maximum absolute atomic E-state index is 11.5. The predicted octanol–water partition coefficient (Wildman–Crippen LogP) is 0.626. The summed E-state index contributed by atoms with van der Waals surface area (Å²) in [7, 11) is 0. The third-order valence-electron chi connectivity index (χ3n) is 2.28. The topological polar surface area (TPSA) is 102 Å². The zero-order valence-corrected chi connectivity index (χ0v) is 10.3. The molecule has 0 aliphatic carbocycles. The van der Waals surface area contributed by atoms with Crippen LogP contribution in [0.4, 0.5) is 5.88 Å². The van der Waals surface area contributed by atoms with E-state index in [0.717, 1.165) is 0 Å².